The van der Waals surface area contributed by atoms with Gasteiger partial charge in [0.2, 0.25) is 5.91 Å². The van der Waals surface area contributed by atoms with Crippen LogP contribution in [0, 0.1) is 15.9 Å². The minimum Gasteiger partial charge on any atom is -0.370 e. The van der Waals surface area contributed by atoms with Crippen LogP contribution < -0.4 is 11.1 Å². The highest BCUT2D eigenvalue weighted by molar-refractivity contribution is 9.10. The number of benzene rings is 1. The average molecular weight is 292 g/mol. The molecule has 86 valence electrons. The van der Waals surface area contributed by atoms with Crippen LogP contribution in [0.3, 0.4) is 0 Å². The van der Waals surface area contributed by atoms with Gasteiger partial charge in [-0.25, -0.2) is 4.39 Å². The largest absolute Gasteiger partial charge is 0.370 e. The highest BCUT2D eigenvalue weighted by Gasteiger charge is 2.17. The molecule has 1 aromatic carbocycles. The second-order valence-electron chi connectivity index (χ2n) is 2.86. The van der Waals surface area contributed by atoms with Crippen LogP contribution >= 0.6 is 15.9 Å². The van der Waals surface area contributed by atoms with E-state index in [-0.39, 0.29) is 22.4 Å². The van der Waals surface area contributed by atoms with Crippen molar-refractivity contribution < 1.29 is 14.1 Å². The number of anilines is 1. The lowest BCUT2D eigenvalue weighted by Crippen LogP contribution is -2.22. The van der Waals surface area contributed by atoms with Crippen molar-refractivity contribution in [1.82, 2.24) is 0 Å². The van der Waals surface area contributed by atoms with Crippen molar-refractivity contribution >= 4 is 33.2 Å². The number of nitrogens with two attached hydrogens (primary N) is 1. The molecule has 0 fully saturated rings. The van der Waals surface area contributed by atoms with Crippen molar-refractivity contribution in [3.8, 4) is 0 Å². The molecule has 0 saturated carbocycles. The molecule has 0 heterocycles. The predicted octanol–water partition coefficient (Wildman–Crippen LogP) is 1.39. The number of rotatable bonds is 4. The zero-order valence-electron chi connectivity index (χ0n) is 7.87. The van der Waals surface area contributed by atoms with E-state index in [1.165, 1.54) is 0 Å². The Balaban J connectivity index is 3.09. The lowest BCUT2D eigenvalue weighted by Gasteiger charge is -2.05. The SMILES string of the molecule is NC(=O)CNc1cc(F)c(Br)cc1[N+](=O)[O-]. The van der Waals surface area contributed by atoms with Crippen LogP contribution in [-0.4, -0.2) is 17.4 Å². The molecule has 0 spiro atoms. The first kappa shape index (κ1) is 12.4. The number of nitro benzene ring substituents is 1. The van der Waals surface area contributed by atoms with E-state index in [0.29, 0.717) is 0 Å². The van der Waals surface area contributed by atoms with Crippen LogP contribution in [0.4, 0.5) is 15.8 Å². The summed E-state index contributed by atoms with van der Waals surface area (Å²) in [6.45, 7) is -0.304. The van der Waals surface area contributed by atoms with E-state index in [1.54, 1.807) is 0 Å². The van der Waals surface area contributed by atoms with Gasteiger partial charge < -0.3 is 11.1 Å². The zero-order chi connectivity index (χ0) is 12.3. The molecule has 0 saturated heterocycles. The number of carbonyl (C=O) groups excluding carboxylic acids is 1. The molecule has 1 rings (SSSR count). The number of hydrogen-bond acceptors (Lipinski definition) is 4. The molecule has 1 amide bonds. The molecule has 0 aliphatic heterocycles. The van der Waals surface area contributed by atoms with Crippen LogP contribution in [0.1, 0.15) is 0 Å². The van der Waals surface area contributed by atoms with Gasteiger partial charge in [-0.1, -0.05) is 0 Å². The van der Waals surface area contributed by atoms with Crippen molar-refractivity contribution in [3.05, 3.63) is 32.5 Å². The Labute approximate surface area is 97.9 Å². The smallest absolute Gasteiger partial charge is 0.293 e. The van der Waals surface area contributed by atoms with Crippen molar-refractivity contribution in [1.29, 1.82) is 0 Å². The fourth-order valence-corrected chi connectivity index (χ4v) is 1.34. The quantitative estimate of drug-likeness (QED) is 0.647. The van der Waals surface area contributed by atoms with Gasteiger partial charge in [0.15, 0.2) is 0 Å². The molecule has 6 nitrogen and oxygen atoms in total. The molecule has 16 heavy (non-hydrogen) atoms. The average Bonchev–Trinajstić information content (AvgIpc) is 2.18. The summed E-state index contributed by atoms with van der Waals surface area (Å²) in [5.74, 6) is -1.37. The molecule has 0 atom stereocenters. The number of carbonyl (C=O) groups is 1. The summed E-state index contributed by atoms with van der Waals surface area (Å²) in [7, 11) is 0. The molecule has 0 radical (unpaired) electrons. The highest BCUT2D eigenvalue weighted by Crippen LogP contribution is 2.30. The summed E-state index contributed by atoms with van der Waals surface area (Å²) in [6, 6.07) is 1.93. The molecule has 0 bridgehead atoms. The van der Waals surface area contributed by atoms with Gasteiger partial charge in [0.1, 0.15) is 11.5 Å². The molecule has 0 aromatic heterocycles. The first-order chi connectivity index (χ1) is 7.41. The van der Waals surface area contributed by atoms with E-state index >= 15 is 0 Å². The Morgan fingerprint density at radius 3 is 2.75 bits per heavy atom. The number of primary amides is 1. The van der Waals surface area contributed by atoms with Crippen LogP contribution in [0.15, 0.2) is 16.6 Å². The first-order valence-corrected chi connectivity index (χ1v) is 4.86. The second-order valence-corrected chi connectivity index (χ2v) is 3.71. The molecule has 3 N–H and O–H groups in total. The van der Waals surface area contributed by atoms with Crippen LogP contribution in [-0.2, 0) is 4.79 Å². The Hall–Kier alpha value is -1.70. The Morgan fingerprint density at radius 2 is 2.25 bits per heavy atom. The topological polar surface area (TPSA) is 98.3 Å². The normalized spacial score (nSPS) is 9.88. The summed E-state index contributed by atoms with van der Waals surface area (Å²) in [5, 5.41) is 13.0. The molecule has 0 aliphatic carbocycles. The van der Waals surface area contributed by atoms with Crippen LogP contribution in [0.5, 0.6) is 0 Å². The van der Waals surface area contributed by atoms with E-state index in [9.17, 15) is 19.3 Å². The molecule has 0 aliphatic rings. The van der Waals surface area contributed by atoms with E-state index in [4.69, 9.17) is 5.73 Å². The van der Waals surface area contributed by atoms with E-state index < -0.39 is 16.6 Å². The maximum atomic E-state index is 13.1. The fraction of sp³-hybridized carbons (Fsp3) is 0.125. The van der Waals surface area contributed by atoms with Crippen molar-refractivity contribution in [3.63, 3.8) is 0 Å². The third-order valence-electron chi connectivity index (χ3n) is 1.69. The summed E-state index contributed by atoms with van der Waals surface area (Å²) >= 11 is 2.83. The maximum Gasteiger partial charge on any atom is 0.293 e. The minimum absolute atomic E-state index is 0.0242. The van der Waals surface area contributed by atoms with Gasteiger partial charge in [0.25, 0.3) is 5.69 Å². The summed E-state index contributed by atoms with van der Waals surface area (Å²) in [5.41, 5.74) is 4.43. The van der Waals surface area contributed by atoms with Crippen molar-refractivity contribution in [2.45, 2.75) is 0 Å². The van der Waals surface area contributed by atoms with Gasteiger partial charge in [-0.2, -0.15) is 0 Å². The number of nitro groups is 1. The van der Waals surface area contributed by atoms with Crippen LogP contribution in [0.2, 0.25) is 0 Å². The lowest BCUT2D eigenvalue weighted by atomic mass is 10.2. The van der Waals surface area contributed by atoms with Gasteiger partial charge in [0, 0.05) is 12.1 Å². The number of nitrogens with one attached hydrogen (secondary N) is 1. The zero-order valence-corrected chi connectivity index (χ0v) is 9.45. The molecule has 1 aromatic rings. The lowest BCUT2D eigenvalue weighted by molar-refractivity contribution is -0.384. The Kier molecular flexibility index (Phi) is 3.78. The number of halogens is 2. The van der Waals surface area contributed by atoms with Gasteiger partial charge in [-0.3, -0.25) is 14.9 Å². The fourth-order valence-electron chi connectivity index (χ4n) is 1.01. The van der Waals surface area contributed by atoms with E-state index in [0.717, 1.165) is 12.1 Å². The van der Waals surface area contributed by atoms with E-state index in [2.05, 4.69) is 21.2 Å². The molecular formula is C8H7BrFN3O3. The molecule has 0 unspecified atom stereocenters. The summed E-state index contributed by atoms with van der Waals surface area (Å²) in [6.07, 6.45) is 0. The molecular weight excluding hydrogens is 285 g/mol. The van der Waals surface area contributed by atoms with Gasteiger partial charge >= 0.3 is 0 Å². The third kappa shape index (κ3) is 2.89. The predicted molar refractivity (Wildman–Crippen MR) is 58.4 cm³/mol. The monoisotopic (exact) mass is 291 g/mol. The standard InChI is InChI=1S/C8H7BrFN3O3/c9-4-1-7(13(15)16)6(2-5(4)10)12-3-8(11)14/h1-2,12H,3H2,(H2,11,14). The van der Waals surface area contributed by atoms with Crippen LogP contribution in [0.25, 0.3) is 0 Å². The summed E-state index contributed by atoms with van der Waals surface area (Å²) in [4.78, 5) is 20.4. The second kappa shape index (κ2) is 4.88. The Bertz CT molecular complexity index is 452. The minimum atomic E-state index is -0.697. The summed E-state index contributed by atoms with van der Waals surface area (Å²) < 4.78 is 13.1. The maximum absolute atomic E-state index is 13.1. The van der Waals surface area contributed by atoms with Gasteiger partial charge in [-0.05, 0) is 15.9 Å². The third-order valence-corrected chi connectivity index (χ3v) is 2.30. The number of nitrogens with zero attached hydrogens (tertiary/aromatic N) is 1. The van der Waals surface area contributed by atoms with E-state index in [1.807, 2.05) is 0 Å². The Morgan fingerprint density at radius 1 is 1.62 bits per heavy atom. The van der Waals surface area contributed by atoms with Gasteiger partial charge in [-0.15, -0.1) is 0 Å². The van der Waals surface area contributed by atoms with Crippen molar-refractivity contribution in [2.75, 3.05) is 11.9 Å². The van der Waals surface area contributed by atoms with Gasteiger partial charge in [0.05, 0.1) is 15.9 Å². The first-order valence-electron chi connectivity index (χ1n) is 4.07. The van der Waals surface area contributed by atoms with Crippen molar-refractivity contribution in [2.24, 2.45) is 5.73 Å². The number of amides is 1. The highest BCUT2D eigenvalue weighted by atomic mass is 79.9. The molecule has 8 heteroatoms. The number of hydrogen-bond donors (Lipinski definition) is 2.